The van der Waals surface area contributed by atoms with Crippen molar-refractivity contribution in [1.82, 2.24) is 0 Å². The molecule has 0 rings (SSSR count). The molecule has 0 spiro atoms. The fraction of sp³-hybridized carbons (Fsp3) is 0.909. The van der Waals surface area contributed by atoms with Crippen LogP contribution in [0, 0.1) is 5.75 Å². The summed E-state index contributed by atoms with van der Waals surface area (Å²) in [5.74, 6) is 3.59. The summed E-state index contributed by atoms with van der Waals surface area (Å²) in [5.41, 5.74) is 0. The lowest BCUT2D eigenvalue weighted by Gasteiger charge is -1.99. The number of hydrogen-bond acceptors (Lipinski definition) is 1. The topological polar surface area (TPSA) is 0 Å². The largest absolute Gasteiger partial charge is 0.158 e. The molecule has 0 aromatic heterocycles. The molecule has 0 aliphatic rings. The third-order valence-electron chi connectivity index (χ3n) is 1.96. The van der Waals surface area contributed by atoms with Crippen LogP contribution in [0.15, 0.2) is 0 Å². The Bertz CT molecular complexity index is 61.4. The quantitative estimate of drug-likeness (QED) is 0.473. The van der Waals surface area contributed by atoms with E-state index in [1.807, 2.05) is 11.8 Å². The molecule has 73 valence electrons. The minimum Gasteiger partial charge on any atom is -0.158 e. The molecule has 0 bridgehead atoms. The molecule has 0 atom stereocenters. The monoisotopic (exact) mass is 187 g/mol. The molecule has 0 aliphatic heterocycles. The molecule has 0 heterocycles. The first kappa shape index (κ1) is 12.3. The average molecular weight is 187 g/mol. The second-order valence-electron chi connectivity index (χ2n) is 3.18. The van der Waals surface area contributed by atoms with Gasteiger partial charge in [-0.15, -0.1) is 0 Å². The molecule has 0 saturated carbocycles. The van der Waals surface area contributed by atoms with Crippen molar-refractivity contribution in [3.63, 3.8) is 0 Å². The molecule has 0 N–H and O–H groups in total. The number of rotatable bonds is 9. The van der Waals surface area contributed by atoms with Crippen LogP contribution < -0.4 is 0 Å². The van der Waals surface area contributed by atoms with E-state index in [-0.39, 0.29) is 0 Å². The second kappa shape index (κ2) is 11.4. The van der Waals surface area contributed by atoms with E-state index in [0.29, 0.717) is 0 Å². The summed E-state index contributed by atoms with van der Waals surface area (Å²) < 4.78 is 0. The maximum absolute atomic E-state index is 2.36. The fourth-order valence-corrected chi connectivity index (χ4v) is 1.78. The van der Waals surface area contributed by atoms with Gasteiger partial charge in [0.1, 0.15) is 0 Å². The molecule has 0 aromatic carbocycles. The zero-order valence-electron chi connectivity index (χ0n) is 8.64. The van der Waals surface area contributed by atoms with Gasteiger partial charge in [-0.3, -0.25) is 0 Å². The van der Waals surface area contributed by atoms with Gasteiger partial charge < -0.3 is 0 Å². The molecule has 0 fully saturated rings. The lowest BCUT2D eigenvalue weighted by Crippen LogP contribution is -1.79. The van der Waals surface area contributed by atoms with E-state index < -0.39 is 0 Å². The van der Waals surface area contributed by atoms with Crippen molar-refractivity contribution < 1.29 is 0 Å². The van der Waals surface area contributed by atoms with E-state index in [4.69, 9.17) is 0 Å². The van der Waals surface area contributed by atoms with Gasteiger partial charge in [0.15, 0.2) is 0 Å². The van der Waals surface area contributed by atoms with Crippen molar-refractivity contribution in [3.05, 3.63) is 5.75 Å². The molecule has 0 amide bonds. The van der Waals surface area contributed by atoms with Gasteiger partial charge in [-0.05, 0) is 12.2 Å². The van der Waals surface area contributed by atoms with Gasteiger partial charge in [0, 0.05) is 5.75 Å². The standard InChI is InChI=1S/C11H23S/c1-3-5-6-7-8-9-10-11-12-4-2/h11H,3-10H2,1-2H3. The Morgan fingerprint density at radius 1 is 0.917 bits per heavy atom. The number of thioether (sulfide) groups is 1. The van der Waals surface area contributed by atoms with Crippen LogP contribution in [-0.4, -0.2) is 5.75 Å². The maximum atomic E-state index is 2.36. The molecule has 1 heteroatoms. The first-order valence-corrected chi connectivity index (χ1v) is 6.40. The lowest BCUT2D eigenvalue weighted by atomic mass is 10.1. The van der Waals surface area contributed by atoms with Gasteiger partial charge in [0.2, 0.25) is 0 Å². The molecule has 0 aliphatic carbocycles. The van der Waals surface area contributed by atoms with Crippen molar-refractivity contribution in [2.75, 3.05) is 5.75 Å². The minimum absolute atomic E-state index is 1.23. The number of unbranched alkanes of at least 4 members (excludes halogenated alkanes) is 6. The van der Waals surface area contributed by atoms with Crippen LogP contribution in [0.1, 0.15) is 58.8 Å². The number of hydrogen-bond donors (Lipinski definition) is 0. The Labute approximate surface area is 82.5 Å². The first-order valence-electron chi connectivity index (χ1n) is 5.35. The van der Waals surface area contributed by atoms with Crippen LogP contribution in [0.25, 0.3) is 0 Å². The van der Waals surface area contributed by atoms with Crippen LogP contribution >= 0.6 is 11.8 Å². The Hall–Kier alpha value is 0.350. The van der Waals surface area contributed by atoms with Gasteiger partial charge in [0.05, 0.1) is 0 Å². The molecule has 1 radical (unpaired) electrons. The smallest absolute Gasteiger partial charge is 0.0166 e. The highest BCUT2D eigenvalue weighted by Crippen LogP contribution is 2.13. The molecular formula is C11H23S. The van der Waals surface area contributed by atoms with E-state index in [0.717, 1.165) is 0 Å². The van der Waals surface area contributed by atoms with Crippen LogP contribution in [0.3, 0.4) is 0 Å². The molecule has 12 heavy (non-hydrogen) atoms. The van der Waals surface area contributed by atoms with Crippen LogP contribution in [0.5, 0.6) is 0 Å². The minimum atomic E-state index is 1.23. The van der Waals surface area contributed by atoms with E-state index in [1.165, 1.54) is 50.7 Å². The highest BCUT2D eigenvalue weighted by atomic mass is 32.2. The Morgan fingerprint density at radius 2 is 1.58 bits per heavy atom. The van der Waals surface area contributed by atoms with Crippen molar-refractivity contribution in [3.8, 4) is 0 Å². The van der Waals surface area contributed by atoms with Gasteiger partial charge in [-0.1, -0.05) is 52.4 Å². The van der Waals surface area contributed by atoms with E-state index in [9.17, 15) is 0 Å². The summed E-state index contributed by atoms with van der Waals surface area (Å²) in [7, 11) is 0. The summed E-state index contributed by atoms with van der Waals surface area (Å²) in [6, 6.07) is 0. The average Bonchev–Trinajstić information content (AvgIpc) is 2.10. The molecule has 0 unspecified atom stereocenters. The van der Waals surface area contributed by atoms with Gasteiger partial charge >= 0.3 is 0 Å². The predicted molar refractivity (Wildman–Crippen MR) is 60.4 cm³/mol. The highest BCUT2D eigenvalue weighted by molar-refractivity contribution is 8.01. The highest BCUT2D eigenvalue weighted by Gasteiger charge is 1.90. The molecular weight excluding hydrogens is 164 g/mol. The van der Waals surface area contributed by atoms with E-state index >= 15 is 0 Å². The van der Waals surface area contributed by atoms with Crippen LogP contribution in [-0.2, 0) is 0 Å². The van der Waals surface area contributed by atoms with Crippen molar-refractivity contribution >= 4 is 11.8 Å². The Morgan fingerprint density at radius 3 is 2.25 bits per heavy atom. The Kier molecular flexibility index (Phi) is 11.7. The summed E-state index contributed by atoms with van der Waals surface area (Å²) in [6.07, 6.45) is 9.81. The zero-order valence-corrected chi connectivity index (χ0v) is 9.46. The van der Waals surface area contributed by atoms with Gasteiger partial charge in [-0.2, -0.15) is 11.8 Å². The molecule has 0 nitrogen and oxygen atoms in total. The summed E-state index contributed by atoms with van der Waals surface area (Å²) in [4.78, 5) is 0. The summed E-state index contributed by atoms with van der Waals surface area (Å²) in [6.45, 7) is 4.48. The van der Waals surface area contributed by atoms with Crippen molar-refractivity contribution in [1.29, 1.82) is 0 Å². The van der Waals surface area contributed by atoms with E-state index in [1.54, 1.807) is 0 Å². The third-order valence-corrected chi connectivity index (χ3v) is 2.76. The van der Waals surface area contributed by atoms with Crippen molar-refractivity contribution in [2.24, 2.45) is 0 Å². The second-order valence-corrected chi connectivity index (χ2v) is 4.42. The predicted octanol–water partition coefficient (Wildman–Crippen LogP) is 4.65. The fourth-order valence-electron chi connectivity index (χ4n) is 1.21. The van der Waals surface area contributed by atoms with E-state index in [2.05, 4.69) is 19.6 Å². The van der Waals surface area contributed by atoms with Gasteiger partial charge in [-0.25, -0.2) is 0 Å². The maximum Gasteiger partial charge on any atom is 0.0166 e. The SMILES string of the molecule is CCCCCCCC[CH]SCC. The zero-order chi connectivity index (χ0) is 9.07. The normalized spacial score (nSPS) is 10.5. The first-order chi connectivity index (χ1) is 5.91. The van der Waals surface area contributed by atoms with Crippen LogP contribution in [0.2, 0.25) is 0 Å². The molecule has 0 saturated heterocycles. The lowest BCUT2D eigenvalue weighted by molar-refractivity contribution is 0.609. The Balaban J connectivity index is 2.73. The van der Waals surface area contributed by atoms with Gasteiger partial charge in [0.25, 0.3) is 0 Å². The molecule has 0 aromatic rings. The third kappa shape index (κ3) is 10.3. The summed E-state index contributed by atoms with van der Waals surface area (Å²) >= 11 is 1.95. The van der Waals surface area contributed by atoms with Crippen molar-refractivity contribution in [2.45, 2.75) is 58.8 Å². The summed E-state index contributed by atoms with van der Waals surface area (Å²) in [5, 5.41) is 0. The van der Waals surface area contributed by atoms with Crippen LogP contribution in [0.4, 0.5) is 0 Å².